The fraction of sp³-hybridized carbons (Fsp3) is 0.292. The number of piperazine rings is 1. The maximum Gasteiger partial charge on any atom is 0.219 e. The fourth-order valence-electron chi connectivity index (χ4n) is 4.11. The first-order valence-electron chi connectivity index (χ1n) is 10.9. The van der Waals surface area contributed by atoms with Gasteiger partial charge in [0, 0.05) is 87.3 Å². The van der Waals surface area contributed by atoms with Gasteiger partial charge in [-0.2, -0.15) is 5.10 Å². The lowest BCUT2D eigenvalue weighted by molar-refractivity contribution is -0.130. The van der Waals surface area contributed by atoms with Crippen molar-refractivity contribution in [3.8, 4) is 22.9 Å². The number of rotatable bonds is 6. The molecule has 0 atom stereocenters. The molecule has 0 aliphatic carbocycles. The Balaban J connectivity index is 1.21. The Kier molecular flexibility index (Phi) is 5.60. The summed E-state index contributed by atoms with van der Waals surface area (Å²) in [6, 6.07) is 14.0. The summed E-state index contributed by atoms with van der Waals surface area (Å²) in [5.74, 6) is 1.48. The van der Waals surface area contributed by atoms with Crippen molar-refractivity contribution in [1.29, 1.82) is 0 Å². The van der Waals surface area contributed by atoms with E-state index in [4.69, 9.17) is 4.74 Å². The standard InChI is InChI=1S/C24H26N6O2/c1-18(31)29-13-10-28(11-14-29)12-15-30-9-7-19-16-21(3-4-23(19)30)32-24-5-2-20(17-25-24)22-6-8-26-27-22/h2-9,16-17H,10-15H2,1H3,(H,26,27). The number of carbonyl (C=O) groups is 1. The Morgan fingerprint density at radius 1 is 1.06 bits per heavy atom. The van der Waals surface area contributed by atoms with Crippen LogP contribution >= 0.6 is 0 Å². The summed E-state index contributed by atoms with van der Waals surface area (Å²) in [6.45, 7) is 7.04. The molecule has 0 radical (unpaired) electrons. The molecule has 1 saturated heterocycles. The van der Waals surface area contributed by atoms with E-state index in [0.29, 0.717) is 5.88 Å². The van der Waals surface area contributed by atoms with Gasteiger partial charge in [0.2, 0.25) is 11.8 Å². The number of hydrogen-bond donors (Lipinski definition) is 1. The molecule has 4 aromatic rings. The van der Waals surface area contributed by atoms with Crippen LogP contribution in [0.5, 0.6) is 11.6 Å². The number of ether oxygens (including phenoxy) is 1. The molecule has 0 spiro atoms. The molecule has 4 heterocycles. The molecule has 1 fully saturated rings. The van der Waals surface area contributed by atoms with Gasteiger partial charge in [-0.05, 0) is 36.4 Å². The second-order valence-corrected chi connectivity index (χ2v) is 8.03. The normalized spacial score (nSPS) is 14.7. The molecule has 1 amide bonds. The summed E-state index contributed by atoms with van der Waals surface area (Å²) >= 11 is 0. The molecule has 1 N–H and O–H groups in total. The van der Waals surface area contributed by atoms with Crippen molar-refractivity contribution in [3.63, 3.8) is 0 Å². The molecule has 8 nitrogen and oxygen atoms in total. The highest BCUT2D eigenvalue weighted by molar-refractivity contribution is 5.81. The topological polar surface area (TPSA) is 79.3 Å². The highest BCUT2D eigenvalue weighted by atomic mass is 16.5. The molecule has 0 bridgehead atoms. The number of aromatic amines is 1. The summed E-state index contributed by atoms with van der Waals surface area (Å²) in [5, 5.41) is 8.03. The number of nitrogens with one attached hydrogen (secondary N) is 1. The van der Waals surface area contributed by atoms with E-state index in [2.05, 4.69) is 43.0 Å². The van der Waals surface area contributed by atoms with E-state index in [1.807, 2.05) is 35.2 Å². The third-order valence-electron chi connectivity index (χ3n) is 5.99. The predicted molar refractivity (Wildman–Crippen MR) is 123 cm³/mol. The van der Waals surface area contributed by atoms with Crippen molar-refractivity contribution in [3.05, 3.63) is 61.1 Å². The average molecular weight is 431 g/mol. The van der Waals surface area contributed by atoms with E-state index in [-0.39, 0.29) is 5.91 Å². The largest absolute Gasteiger partial charge is 0.439 e. The van der Waals surface area contributed by atoms with Crippen molar-refractivity contribution in [2.75, 3.05) is 32.7 Å². The first-order valence-corrected chi connectivity index (χ1v) is 10.9. The minimum absolute atomic E-state index is 0.169. The molecule has 32 heavy (non-hydrogen) atoms. The van der Waals surface area contributed by atoms with Crippen LogP contribution in [0.25, 0.3) is 22.2 Å². The predicted octanol–water partition coefficient (Wildman–Crippen LogP) is 3.38. The second-order valence-electron chi connectivity index (χ2n) is 8.03. The molecular weight excluding hydrogens is 404 g/mol. The van der Waals surface area contributed by atoms with Crippen molar-refractivity contribution >= 4 is 16.8 Å². The SMILES string of the molecule is CC(=O)N1CCN(CCn2ccc3cc(Oc4ccc(-c5ccn[nH]5)cn4)ccc32)CC1. The van der Waals surface area contributed by atoms with Crippen LogP contribution in [0.15, 0.2) is 61.1 Å². The Labute approximate surface area is 186 Å². The zero-order chi connectivity index (χ0) is 21.9. The van der Waals surface area contributed by atoms with E-state index >= 15 is 0 Å². The maximum absolute atomic E-state index is 11.5. The van der Waals surface area contributed by atoms with E-state index < -0.39 is 0 Å². The lowest BCUT2D eigenvalue weighted by Gasteiger charge is -2.34. The Morgan fingerprint density at radius 3 is 2.66 bits per heavy atom. The van der Waals surface area contributed by atoms with Crippen LogP contribution in [0.2, 0.25) is 0 Å². The van der Waals surface area contributed by atoms with Gasteiger partial charge in [-0.3, -0.25) is 14.8 Å². The van der Waals surface area contributed by atoms with Crippen molar-refractivity contribution in [2.24, 2.45) is 0 Å². The molecule has 1 aliphatic rings. The number of pyridine rings is 1. The molecule has 8 heteroatoms. The zero-order valence-electron chi connectivity index (χ0n) is 18.1. The third kappa shape index (κ3) is 4.36. The van der Waals surface area contributed by atoms with E-state index in [9.17, 15) is 4.79 Å². The molecule has 5 rings (SSSR count). The third-order valence-corrected chi connectivity index (χ3v) is 5.99. The molecule has 3 aromatic heterocycles. The van der Waals surface area contributed by atoms with E-state index in [1.54, 1.807) is 19.3 Å². The van der Waals surface area contributed by atoms with Crippen LogP contribution in [-0.4, -0.2) is 68.2 Å². The van der Waals surface area contributed by atoms with Gasteiger partial charge in [-0.15, -0.1) is 0 Å². The van der Waals surface area contributed by atoms with Gasteiger partial charge in [0.1, 0.15) is 5.75 Å². The van der Waals surface area contributed by atoms with Crippen LogP contribution in [0.3, 0.4) is 0 Å². The highest BCUT2D eigenvalue weighted by Crippen LogP contribution is 2.26. The summed E-state index contributed by atoms with van der Waals surface area (Å²) in [4.78, 5) is 20.2. The van der Waals surface area contributed by atoms with Gasteiger partial charge < -0.3 is 14.2 Å². The van der Waals surface area contributed by atoms with E-state index in [1.165, 1.54) is 5.52 Å². The molecule has 1 aliphatic heterocycles. The maximum atomic E-state index is 11.5. The smallest absolute Gasteiger partial charge is 0.219 e. The van der Waals surface area contributed by atoms with Crippen LogP contribution in [0.4, 0.5) is 0 Å². The summed E-state index contributed by atoms with van der Waals surface area (Å²) in [7, 11) is 0. The Morgan fingerprint density at radius 2 is 1.94 bits per heavy atom. The molecular formula is C24H26N6O2. The van der Waals surface area contributed by atoms with Crippen molar-refractivity contribution in [1.82, 2.24) is 29.5 Å². The number of benzene rings is 1. The van der Waals surface area contributed by atoms with E-state index in [0.717, 1.165) is 61.7 Å². The number of hydrogen-bond acceptors (Lipinski definition) is 5. The van der Waals surface area contributed by atoms with Crippen LogP contribution < -0.4 is 4.74 Å². The second kappa shape index (κ2) is 8.84. The highest BCUT2D eigenvalue weighted by Gasteiger charge is 2.18. The number of fused-ring (bicyclic) bond motifs is 1. The van der Waals surface area contributed by atoms with Gasteiger partial charge in [-0.25, -0.2) is 4.98 Å². The minimum Gasteiger partial charge on any atom is -0.439 e. The summed E-state index contributed by atoms with van der Waals surface area (Å²) < 4.78 is 8.24. The van der Waals surface area contributed by atoms with Crippen LogP contribution in [-0.2, 0) is 11.3 Å². The van der Waals surface area contributed by atoms with Crippen LogP contribution in [0, 0.1) is 0 Å². The van der Waals surface area contributed by atoms with Gasteiger partial charge in [0.05, 0.1) is 5.69 Å². The zero-order valence-corrected chi connectivity index (χ0v) is 18.1. The molecule has 0 saturated carbocycles. The lowest BCUT2D eigenvalue weighted by atomic mass is 10.2. The number of nitrogens with zero attached hydrogens (tertiary/aromatic N) is 5. The molecule has 1 aromatic carbocycles. The van der Waals surface area contributed by atoms with Gasteiger partial charge in [-0.1, -0.05) is 0 Å². The first kappa shape index (κ1) is 20.3. The van der Waals surface area contributed by atoms with Gasteiger partial charge >= 0.3 is 0 Å². The summed E-state index contributed by atoms with van der Waals surface area (Å²) in [5.41, 5.74) is 3.07. The van der Waals surface area contributed by atoms with Crippen molar-refractivity contribution < 1.29 is 9.53 Å². The fourth-order valence-corrected chi connectivity index (χ4v) is 4.11. The molecule has 164 valence electrons. The van der Waals surface area contributed by atoms with Crippen LogP contribution in [0.1, 0.15) is 6.92 Å². The number of carbonyl (C=O) groups excluding carboxylic acids is 1. The van der Waals surface area contributed by atoms with Gasteiger partial charge in [0.25, 0.3) is 0 Å². The first-order chi connectivity index (χ1) is 15.7. The quantitative estimate of drug-likeness (QED) is 0.507. The Bertz CT molecular complexity index is 1190. The monoisotopic (exact) mass is 430 g/mol. The van der Waals surface area contributed by atoms with Gasteiger partial charge in [0.15, 0.2) is 0 Å². The minimum atomic E-state index is 0.169. The number of H-pyrrole nitrogens is 1. The lowest BCUT2D eigenvalue weighted by Crippen LogP contribution is -2.48. The molecule has 0 unspecified atom stereocenters. The number of amides is 1. The Hall–Kier alpha value is -3.65. The summed E-state index contributed by atoms with van der Waals surface area (Å²) in [6.07, 6.45) is 5.61. The average Bonchev–Trinajstić information content (AvgIpc) is 3.49. The van der Waals surface area contributed by atoms with Crippen molar-refractivity contribution in [2.45, 2.75) is 13.5 Å². The number of aromatic nitrogens is 4.